The Morgan fingerprint density at radius 2 is 2.12 bits per heavy atom. The van der Waals surface area contributed by atoms with Crippen molar-refractivity contribution in [2.45, 2.75) is 0 Å². The van der Waals surface area contributed by atoms with Gasteiger partial charge in [0.1, 0.15) is 6.11 Å². The van der Waals surface area contributed by atoms with Gasteiger partial charge >= 0.3 is 5.97 Å². The zero-order valence-corrected chi connectivity index (χ0v) is 8.70. The van der Waals surface area contributed by atoms with Crippen molar-refractivity contribution in [2.24, 2.45) is 0 Å². The highest BCUT2D eigenvalue weighted by Crippen LogP contribution is 1.97. The first-order valence-corrected chi connectivity index (χ1v) is 4.75. The summed E-state index contributed by atoms with van der Waals surface area (Å²) in [6.07, 6.45) is 8.25. The van der Waals surface area contributed by atoms with E-state index in [1.165, 1.54) is 18.5 Å². The Morgan fingerprint density at radius 1 is 1.18 bits per heavy atom. The van der Waals surface area contributed by atoms with Gasteiger partial charge in [0.15, 0.2) is 0 Å². The molecule has 0 N–H and O–H groups in total. The quantitative estimate of drug-likeness (QED) is 0.536. The molecule has 17 heavy (non-hydrogen) atoms. The molecule has 5 heteroatoms. The van der Waals surface area contributed by atoms with Crippen LogP contribution in [0.1, 0.15) is 15.9 Å². The molecule has 2 aromatic rings. The Labute approximate surface area is 97.5 Å². The van der Waals surface area contributed by atoms with Crippen molar-refractivity contribution in [3.63, 3.8) is 0 Å². The van der Waals surface area contributed by atoms with Gasteiger partial charge in [-0.3, -0.25) is 4.98 Å². The lowest BCUT2D eigenvalue weighted by atomic mass is 10.3. The summed E-state index contributed by atoms with van der Waals surface area (Å²) in [4.78, 5) is 15.3. The van der Waals surface area contributed by atoms with Gasteiger partial charge in [0.05, 0.1) is 18.0 Å². The standard InChI is InChI=1S/C12H7N3O2/c16-12(11-3-6-14-15-9-11)17-7-4-10-2-1-5-13-8-10/h1-3,5-6,8-9H. The van der Waals surface area contributed by atoms with Gasteiger partial charge in [-0.25, -0.2) is 4.79 Å². The van der Waals surface area contributed by atoms with Crippen LogP contribution in [0.2, 0.25) is 0 Å². The first kappa shape index (κ1) is 10.8. The molecule has 2 aromatic heterocycles. The average molecular weight is 225 g/mol. The molecule has 0 aliphatic rings. The van der Waals surface area contributed by atoms with E-state index in [1.54, 1.807) is 24.5 Å². The van der Waals surface area contributed by atoms with Crippen LogP contribution in [0.3, 0.4) is 0 Å². The fraction of sp³-hybridized carbons (Fsp3) is 0. The van der Waals surface area contributed by atoms with E-state index in [1.807, 2.05) is 0 Å². The normalized spacial score (nSPS) is 8.94. The van der Waals surface area contributed by atoms with E-state index in [-0.39, 0.29) is 0 Å². The third kappa shape index (κ3) is 3.11. The number of rotatable bonds is 1. The van der Waals surface area contributed by atoms with Crippen LogP contribution in [-0.2, 0) is 4.74 Å². The molecule has 0 atom stereocenters. The molecule has 0 amide bonds. The molecule has 0 spiro atoms. The highest BCUT2D eigenvalue weighted by Gasteiger charge is 2.04. The van der Waals surface area contributed by atoms with Crippen molar-refractivity contribution >= 4 is 5.97 Å². The third-order valence-electron chi connectivity index (χ3n) is 1.82. The molecule has 0 saturated heterocycles. The van der Waals surface area contributed by atoms with Crippen molar-refractivity contribution in [1.82, 2.24) is 15.2 Å². The predicted molar refractivity (Wildman–Crippen MR) is 58.6 cm³/mol. The van der Waals surface area contributed by atoms with Crippen molar-refractivity contribution < 1.29 is 9.53 Å². The molecule has 0 aliphatic heterocycles. The summed E-state index contributed by atoms with van der Waals surface area (Å²) in [6.45, 7) is 0. The van der Waals surface area contributed by atoms with Crippen molar-refractivity contribution in [2.75, 3.05) is 0 Å². The number of hydrogen-bond donors (Lipinski definition) is 0. The number of nitrogens with zero attached hydrogens (tertiary/aromatic N) is 3. The molecule has 2 heterocycles. The lowest BCUT2D eigenvalue weighted by Gasteiger charge is -1.93. The summed E-state index contributed by atoms with van der Waals surface area (Å²) >= 11 is 0. The molecule has 5 nitrogen and oxygen atoms in total. The first-order chi connectivity index (χ1) is 8.36. The van der Waals surface area contributed by atoms with E-state index in [0.717, 1.165) is 0 Å². The number of hydrogen-bond acceptors (Lipinski definition) is 5. The molecular weight excluding hydrogens is 218 g/mol. The van der Waals surface area contributed by atoms with Crippen LogP contribution >= 0.6 is 0 Å². The van der Waals surface area contributed by atoms with Crippen molar-refractivity contribution in [3.05, 3.63) is 54.1 Å². The second kappa shape index (κ2) is 5.37. The summed E-state index contributed by atoms with van der Waals surface area (Å²) in [7, 11) is 0. The fourth-order valence-electron chi connectivity index (χ4n) is 1.04. The van der Waals surface area contributed by atoms with E-state index in [2.05, 4.69) is 27.2 Å². The number of aromatic nitrogens is 3. The van der Waals surface area contributed by atoms with E-state index in [0.29, 0.717) is 11.1 Å². The minimum Gasteiger partial charge on any atom is -0.368 e. The predicted octanol–water partition coefficient (Wildman–Crippen LogP) is 1.04. The molecule has 82 valence electrons. The summed E-state index contributed by atoms with van der Waals surface area (Å²) in [5.41, 5.74) is 0.980. The second-order valence-corrected chi connectivity index (χ2v) is 2.99. The minimum atomic E-state index is -0.559. The lowest BCUT2D eigenvalue weighted by molar-refractivity contribution is 0.0690. The fourth-order valence-corrected chi connectivity index (χ4v) is 1.04. The van der Waals surface area contributed by atoms with E-state index in [4.69, 9.17) is 4.74 Å². The number of ether oxygens (including phenoxy) is 1. The first-order valence-electron chi connectivity index (χ1n) is 4.75. The van der Waals surface area contributed by atoms with Crippen LogP contribution in [-0.4, -0.2) is 21.2 Å². The van der Waals surface area contributed by atoms with Gasteiger partial charge in [0.2, 0.25) is 0 Å². The highest BCUT2D eigenvalue weighted by molar-refractivity contribution is 5.89. The molecule has 0 radical (unpaired) electrons. The maximum atomic E-state index is 11.4. The molecular formula is C12H7N3O2. The van der Waals surface area contributed by atoms with Crippen LogP contribution in [0.15, 0.2) is 43.0 Å². The summed E-state index contributed by atoms with van der Waals surface area (Å²) in [6, 6.07) is 5.02. The number of carbonyl (C=O) groups is 1. The van der Waals surface area contributed by atoms with Crippen LogP contribution < -0.4 is 0 Å². The van der Waals surface area contributed by atoms with Gasteiger partial charge in [-0.1, -0.05) is 0 Å². The van der Waals surface area contributed by atoms with Crippen LogP contribution in [0.4, 0.5) is 0 Å². The highest BCUT2D eigenvalue weighted by atomic mass is 16.5. The molecule has 0 aromatic carbocycles. The van der Waals surface area contributed by atoms with Crippen LogP contribution in [0.25, 0.3) is 0 Å². The Hall–Kier alpha value is -2.74. The van der Waals surface area contributed by atoms with Gasteiger partial charge < -0.3 is 4.74 Å². The molecule has 0 saturated carbocycles. The molecule has 0 bridgehead atoms. The Balaban J connectivity index is 2.00. The topological polar surface area (TPSA) is 65.0 Å². The largest absolute Gasteiger partial charge is 0.368 e. The van der Waals surface area contributed by atoms with Gasteiger partial charge in [-0.05, 0) is 24.1 Å². The Bertz CT molecular complexity index is 559. The molecule has 0 unspecified atom stereocenters. The summed E-state index contributed by atoms with van der Waals surface area (Å²) in [5.74, 6) is 2.09. The maximum Gasteiger partial charge on any atom is 0.353 e. The maximum absolute atomic E-state index is 11.4. The van der Waals surface area contributed by atoms with Crippen LogP contribution in [0.5, 0.6) is 0 Å². The lowest BCUT2D eigenvalue weighted by Crippen LogP contribution is -2.01. The Kier molecular flexibility index (Phi) is 3.40. The zero-order chi connectivity index (χ0) is 11.9. The second-order valence-electron chi connectivity index (χ2n) is 2.99. The SMILES string of the molecule is O=C(OC#Cc1cccnc1)c1ccnnc1. The number of carbonyl (C=O) groups excluding carboxylic acids is 1. The van der Waals surface area contributed by atoms with Gasteiger partial charge in [0, 0.05) is 18.0 Å². The van der Waals surface area contributed by atoms with Crippen molar-refractivity contribution in [1.29, 1.82) is 0 Å². The van der Waals surface area contributed by atoms with E-state index < -0.39 is 5.97 Å². The van der Waals surface area contributed by atoms with Gasteiger partial charge in [-0.15, -0.1) is 0 Å². The third-order valence-corrected chi connectivity index (χ3v) is 1.82. The smallest absolute Gasteiger partial charge is 0.353 e. The number of pyridine rings is 1. The van der Waals surface area contributed by atoms with E-state index >= 15 is 0 Å². The van der Waals surface area contributed by atoms with Gasteiger partial charge in [-0.2, -0.15) is 10.2 Å². The molecule has 0 aliphatic carbocycles. The summed E-state index contributed by atoms with van der Waals surface area (Å²) in [5, 5.41) is 7.12. The zero-order valence-electron chi connectivity index (χ0n) is 8.70. The summed E-state index contributed by atoms with van der Waals surface area (Å²) < 4.78 is 4.74. The number of esters is 1. The minimum absolute atomic E-state index is 0.306. The van der Waals surface area contributed by atoms with Gasteiger partial charge in [0.25, 0.3) is 0 Å². The van der Waals surface area contributed by atoms with Crippen molar-refractivity contribution in [3.8, 4) is 12.0 Å². The van der Waals surface area contributed by atoms with E-state index in [9.17, 15) is 4.79 Å². The average Bonchev–Trinajstić information content (AvgIpc) is 2.41. The monoisotopic (exact) mass is 225 g/mol. The molecule has 2 rings (SSSR count). The molecule has 0 fully saturated rings. The van der Waals surface area contributed by atoms with Crippen LogP contribution in [0, 0.1) is 12.0 Å². The Morgan fingerprint density at radius 3 is 2.82 bits per heavy atom.